The lowest BCUT2D eigenvalue weighted by molar-refractivity contribution is 1.28. The van der Waals surface area contributed by atoms with Gasteiger partial charge in [-0.2, -0.15) is 0 Å². The Hall–Kier alpha value is -0.980. The maximum Gasteiger partial charge on any atom is 0.0370 e. The maximum atomic E-state index is 3.16. The fraction of sp³-hybridized carbons (Fsp3) is 0.400. The minimum Gasteiger partial charge on any atom is -0.388 e. The minimum absolute atomic E-state index is 1.23. The van der Waals surface area contributed by atoms with Crippen LogP contribution < -0.4 is 5.32 Å². The molecule has 0 aromatic heterocycles. The van der Waals surface area contributed by atoms with Gasteiger partial charge >= 0.3 is 0 Å². The van der Waals surface area contributed by atoms with E-state index in [1.54, 1.807) is 0 Å². The van der Waals surface area contributed by atoms with E-state index < -0.39 is 0 Å². The molecule has 1 aromatic carbocycles. The molecule has 0 bridgehead atoms. The van der Waals surface area contributed by atoms with Crippen molar-refractivity contribution in [2.45, 2.75) is 20.8 Å². The van der Waals surface area contributed by atoms with Crippen LogP contribution in [0.1, 0.15) is 16.7 Å². The first-order valence-corrected chi connectivity index (χ1v) is 3.90. The van der Waals surface area contributed by atoms with Gasteiger partial charge in [0.15, 0.2) is 0 Å². The van der Waals surface area contributed by atoms with Crippen molar-refractivity contribution < 1.29 is 0 Å². The molecule has 1 nitrogen and oxygen atoms in total. The molecule has 0 unspecified atom stereocenters. The van der Waals surface area contributed by atoms with Gasteiger partial charge in [-0.25, -0.2) is 0 Å². The van der Waals surface area contributed by atoms with Crippen LogP contribution in [0.15, 0.2) is 12.1 Å². The van der Waals surface area contributed by atoms with E-state index >= 15 is 0 Å². The Kier molecular flexibility index (Phi) is 2.18. The molecule has 0 aliphatic carbocycles. The summed E-state index contributed by atoms with van der Waals surface area (Å²) in [6.07, 6.45) is 0. The molecule has 0 aliphatic heterocycles. The van der Waals surface area contributed by atoms with E-state index in [0.29, 0.717) is 0 Å². The normalized spacial score (nSPS) is 9.82. The molecule has 60 valence electrons. The van der Waals surface area contributed by atoms with E-state index in [9.17, 15) is 0 Å². The highest BCUT2D eigenvalue weighted by atomic mass is 14.8. The predicted octanol–water partition coefficient (Wildman–Crippen LogP) is 2.65. The maximum absolute atomic E-state index is 3.16. The topological polar surface area (TPSA) is 12.0 Å². The van der Waals surface area contributed by atoms with E-state index in [4.69, 9.17) is 0 Å². The molecule has 0 saturated carbocycles. The first-order chi connectivity index (χ1) is 5.15. The summed E-state index contributed by atoms with van der Waals surface area (Å²) in [5, 5.41) is 3.16. The Morgan fingerprint density at radius 1 is 0.909 bits per heavy atom. The molecule has 0 aliphatic rings. The summed E-state index contributed by atoms with van der Waals surface area (Å²) in [5.74, 6) is 0. The van der Waals surface area contributed by atoms with Crippen molar-refractivity contribution >= 4 is 5.69 Å². The summed E-state index contributed by atoms with van der Waals surface area (Å²) >= 11 is 0. The van der Waals surface area contributed by atoms with Crippen LogP contribution in [0.3, 0.4) is 0 Å². The van der Waals surface area contributed by atoms with Gasteiger partial charge in [0, 0.05) is 12.7 Å². The third kappa shape index (κ3) is 1.53. The number of hydrogen-bond acceptors (Lipinski definition) is 1. The Bertz CT molecular complexity index is 264. The van der Waals surface area contributed by atoms with Crippen LogP contribution in [0.25, 0.3) is 0 Å². The van der Waals surface area contributed by atoms with Crippen LogP contribution in [0.2, 0.25) is 0 Å². The number of rotatable bonds is 1. The van der Waals surface area contributed by atoms with Gasteiger partial charge in [0.1, 0.15) is 0 Å². The third-order valence-electron chi connectivity index (χ3n) is 2.11. The molecule has 1 heteroatoms. The zero-order valence-corrected chi connectivity index (χ0v) is 7.65. The second kappa shape index (κ2) is 2.95. The Labute approximate surface area is 68.4 Å². The molecule has 0 spiro atoms. The summed E-state index contributed by atoms with van der Waals surface area (Å²) < 4.78 is 0. The zero-order chi connectivity index (χ0) is 8.43. The summed E-state index contributed by atoms with van der Waals surface area (Å²) in [6.45, 7) is 6.40. The van der Waals surface area contributed by atoms with Crippen molar-refractivity contribution in [3.8, 4) is 0 Å². The SMILES string of the molecule is CNc1cc(C)c(C)cc1C. The number of nitrogens with one attached hydrogen (secondary N) is 1. The molecule has 0 radical (unpaired) electrons. The smallest absolute Gasteiger partial charge is 0.0370 e. The number of hydrogen-bond donors (Lipinski definition) is 1. The minimum atomic E-state index is 1.23. The van der Waals surface area contributed by atoms with Gasteiger partial charge in [0.05, 0.1) is 0 Å². The molecular formula is C10H15N. The van der Waals surface area contributed by atoms with Crippen molar-refractivity contribution in [1.82, 2.24) is 0 Å². The molecule has 1 aromatic rings. The van der Waals surface area contributed by atoms with Gasteiger partial charge in [-0.1, -0.05) is 6.07 Å². The number of anilines is 1. The summed E-state index contributed by atoms with van der Waals surface area (Å²) in [5.41, 5.74) is 5.25. The molecule has 0 atom stereocenters. The molecule has 11 heavy (non-hydrogen) atoms. The standard InChI is InChI=1S/C10H15N/c1-7-5-9(3)10(11-4)6-8(7)2/h5-6,11H,1-4H3. The van der Waals surface area contributed by atoms with E-state index in [2.05, 4.69) is 38.2 Å². The van der Waals surface area contributed by atoms with Crippen molar-refractivity contribution in [1.29, 1.82) is 0 Å². The summed E-state index contributed by atoms with van der Waals surface area (Å²) in [6, 6.07) is 4.39. The molecule has 1 N–H and O–H groups in total. The van der Waals surface area contributed by atoms with E-state index in [1.165, 1.54) is 22.4 Å². The van der Waals surface area contributed by atoms with Crippen molar-refractivity contribution in [2.24, 2.45) is 0 Å². The quantitative estimate of drug-likeness (QED) is 0.647. The largest absolute Gasteiger partial charge is 0.388 e. The Balaban J connectivity index is 3.21. The zero-order valence-electron chi connectivity index (χ0n) is 7.65. The van der Waals surface area contributed by atoms with E-state index in [0.717, 1.165) is 0 Å². The highest BCUT2D eigenvalue weighted by Crippen LogP contribution is 2.18. The van der Waals surface area contributed by atoms with E-state index in [-0.39, 0.29) is 0 Å². The van der Waals surface area contributed by atoms with Crippen LogP contribution in [0, 0.1) is 20.8 Å². The first kappa shape index (κ1) is 8.12. The second-order valence-electron chi connectivity index (χ2n) is 3.00. The van der Waals surface area contributed by atoms with E-state index in [1.807, 2.05) is 7.05 Å². The van der Waals surface area contributed by atoms with Crippen LogP contribution in [0.5, 0.6) is 0 Å². The third-order valence-corrected chi connectivity index (χ3v) is 2.11. The first-order valence-electron chi connectivity index (χ1n) is 3.90. The lowest BCUT2D eigenvalue weighted by Crippen LogP contribution is -1.93. The highest BCUT2D eigenvalue weighted by Gasteiger charge is 1.98. The Morgan fingerprint density at radius 3 is 2.00 bits per heavy atom. The van der Waals surface area contributed by atoms with Crippen LogP contribution in [-0.2, 0) is 0 Å². The van der Waals surface area contributed by atoms with Crippen LogP contribution in [-0.4, -0.2) is 7.05 Å². The summed E-state index contributed by atoms with van der Waals surface area (Å²) in [7, 11) is 1.96. The van der Waals surface area contributed by atoms with Crippen LogP contribution in [0.4, 0.5) is 5.69 Å². The van der Waals surface area contributed by atoms with Gasteiger partial charge in [0.2, 0.25) is 0 Å². The molecular weight excluding hydrogens is 134 g/mol. The molecule has 0 saturated heterocycles. The lowest BCUT2D eigenvalue weighted by Gasteiger charge is -2.08. The predicted molar refractivity (Wildman–Crippen MR) is 50.2 cm³/mol. The van der Waals surface area contributed by atoms with Crippen molar-refractivity contribution in [3.05, 3.63) is 28.8 Å². The van der Waals surface area contributed by atoms with Gasteiger partial charge in [-0.05, 0) is 43.5 Å². The average molecular weight is 149 g/mol. The average Bonchev–Trinajstić information content (AvgIpc) is 1.97. The lowest BCUT2D eigenvalue weighted by atomic mass is 10.1. The monoisotopic (exact) mass is 149 g/mol. The second-order valence-corrected chi connectivity index (χ2v) is 3.00. The van der Waals surface area contributed by atoms with Crippen molar-refractivity contribution in [3.63, 3.8) is 0 Å². The summed E-state index contributed by atoms with van der Waals surface area (Å²) in [4.78, 5) is 0. The van der Waals surface area contributed by atoms with Gasteiger partial charge < -0.3 is 5.32 Å². The van der Waals surface area contributed by atoms with Gasteiger partial charge in [-0.15, -0.1) is 0 Å². The molecule has 1 rings (SSSR count). The number of aryl methyl sites for hydroxylation is 3. The Morgan fingerprint density at radius 2 is 1.45 bits per heavy atom. The molecule has 0 fully saturated rings. The molecule has 0 heterocycles. The van der Waals surface area contributed by atoms with Crippen molar-refractivity contribution in [2.75, 3.05) is 12.4 Å². The van der Waals surface area contributed by atoms with Gasteiger partial charge in [-0.3, -0.25) is 0 Å². The number of benzene rings is 1. The van der Waals surface area contributed by atoms with Gasteiger partial charge in [0.25, 0.3) is 0 Å². The fourth-order valence-electron chi connectivity index (χ4n) is 1.23. The highest BCUT2D eigenvalue weighted by molar-refractivity contribution is 5.54. The fourth-order valence-corrected chi connectivity index (χ4v) is 1.23. The van der Waals surface area contributed by atoms with Crippen LogP contribution >= 0.6 is 0 Å². The molecule has 0 amide bonds.